The van der Waals surface area contributed by atoms with E-state index in [-0.39, 0.29) is 17.3 Å². The van der Waals surface area contributed by atoms with Gasteiger partial charge in [-0.05, 0) is 30.5 Å². The van der Waals surface area contributed by atoms with Crippen LogP contribution in [0.4, 0.5) is 4.39 Å². The van der Waals surface area contributed by atoms with Gasteiger partial charge in [0.2, 0.25) is 0 Å². The lowest BCUT2D eigenvalue weighted by atomic mass is 9.73. The van der Waals surface area contributed by atoms with Crippen molar-refractivity contribution in [3.63, 3.8) is 0 Å². The summed E-state index contributed by atoms with van der Waals surface area (Å²) in [6.07, 6.45) is 4.12. The number of halogens is 1. The van der Waals surface area contributed by atoms with Crippen molar-refractivity contribution >= 4 is 0 Å². The highest BCUT2D eigenvalue weighted by Crippen LogP contribution is 2.35. The van der Waals surface area contributed by atoms with Gasteiger partial charge in [0.25, 0.3) is 0 Å². The lowest BCUT2D eigenvalue weighted by Gasteiger charge is -2.38. The van der Waals surface area contributed by atoms with Crippen LogP contribution in [-0.4, -0.2) is 17.8 Å². The minimum Gasteiger partial charge on any atom is -0.393 e. The summed E-state index contributed by atoms with van der Waals surface area (Å²) in [7, 11) is 0. The second-order valence-electron chi connectivity index (χ2n) is 5.65. The van der Waals surface area contributed by atoms with Gasteiger partial charge in [-0.2, -0.15) is 0 Å². The predicted octanol–water partition coefficient (Wildman–Crippen LogP) is 2.86. The first-order valence-electron chi connectivity index (χ1n) is 6.73. The van der Waals surface area contributed by atoms with Gasteiger partial charge in [-0.15, -0.1) is 0 Å². The monoisotopic (exact) mass is 251 g/mol. The van der Waals surface area contributed by atoms with Crippen molar-refractivity contribution in [2.45, 2.75) is 45.3 Å². The van der Waals surface area contributed by atoms with Crippen LogP contribution >= 0.6 is 0 Å². The Morgan fingerprint density at radius 3 is 2.72 bits per heavy atom. The van der Waals surface area contributed by atoms with Crippen LogP contribution < -0.4 is 5.32 Å². The normalized spacial score (nSPS) is 28.3. The molecule has 0 saturated heterocycles. The van der Waals surface area contributed by atoms with E-state index in [2.05, 4.69) is 12.2 Å². The van der Waals surface area contributed by atoms with Crippen LogP contribution in [-0.2, 0) is 6.54 Å². The van der Waals surface area contributed by atoms with Crippen molar-refractivity contribution in [3.8, 4) is 0 Å². The first-order valence-corrected chi connectivity index (χ1v) is 6.73. The average Bonchev–Trinajstić information content (AvgIpc) is 2.36. The summed E-state index contributed by atoms with van der Waals surface area (Å²) in [6.45, 7) is 3.68. The molecule has 100 valence electrons. The molecule has 0 amide bonds. The number of benzene rings is 1. The van der Waals surface area contributed by atoms with Gasteiger partial charge in [0.1, 0.15) is 5.82 Å². The smallest absolute Gasteiger partial charge is 0.123 e. The standard InChI is InChI=1S/C15H22FNO/c1-15(9-3-2-4-14(15)18)11-17-10-12-5-7-13(16)8-6-12/h5-8,14,17-18H,2-4,9-11H2,1H3. The van der Waals surface area contributed by atoms with Crippen molar-refractivity contribution < 1.29 is 9.50 Å². The first kappa shape index (κ1) is 13.5. The summed E-state index contributed by atoms with van der Waals surface area (Å²) in [4.78, 5) is 0. The van der Waals surface area contributed by atoms with E-state index in [0.717, 1.165) is 37.9 Å². The lowest BCUT2D eigenvalue weighted by molar-refractivity contribution is 0.00115. The van der Waals surface area contributed by atoms with Crippen LogP contribution in [0, 0.1) is 11.2 Å². The van der Waals surface area contributed by atoms with Gasteiger partial charge < -0.3 is 10.4 Å². The zero-order valence-corrected chi connectivity index (χ0v) is 11.0. The van der Waals surface area contributed by atoms with E-state index < -0.39 is 0 Å². The number of aliphatic hydroxyl groups excluding tert-OH is 1. The Hall–Kier alpha value is -0.930. The van der Waals surface area contributed by atoms with Crippen LogP contribution in [0.15, 0.2) is 24.3 Å². The minimum atomic E-state index is -0.202. The number of hydrogen-bond donors (Lipinski definition) is 2. The molecule has 1 aliphatic carbocycles. The van der Waals surface area contributed by atoms with Crippen LogP contribution in [0.2, 0.25) is 0 Å². The van der Waals surface area contributed by atoms with E-state index in [1.54, 1.807) is 12.1 Å². The highest BCUT2D eigenvalue weighted by atomic mass is 19.1. The Bertz CT molecular complexity index is 379. The molecule has 2 nitrogen and oxygen atoms in total. The number of aliphatic hydroxyl groups is 1. The van der Waals surface area contributed by atoms with E-state index in [1.807, 2.05) is 0 Å². The van der Waals surface area contributed by atoms with Gasteiger partial charge in [-0.1, -0.05) is 31.9 Å². The van der Waals surface area contributed by atoms with Crippen LogP contribution in [0.1, 0.15) is 38.2 Å². The van der Waals surface area contributed by atoms with Crippen LogP contribution in [0.25, 0.3) is 0 Å². The molecule has 0 radical (unpaired) electrons. The molecule has 0 bridgehead atoms. The summed E-state index contributed by atoms with van der Waals surface area (Å²) >= 11 is 0. The highest BCUT2D eigenvalue weighted by Gasteiger charge is 2.34. The largest absolute Gasteiger partial charge is 0.393 e. The van der Waals surface area contributed by atoms with Gasteiger partial charge >= 0.3 is 0 Å². The van der Waals surface area contributed by atoms with Gasteiger partial charge in [0, 0.05) is 18.5 Å². The molecule has 0 spiro atoms. The molecule has 1 saturated carbocycles. The van der Waals surface area contributed by atoms with E-state index in [1.165, 1.54) is 18.6 Å². The molecule has 1 aromatic rings. The predicted molar refractivity (Wildman–Crippen MR) is 70.7 cm³/mol. The third kappa shape index (κ3) is 3.30. The van der Waals surface area contributed by atoms with Crippen molar-refractivity contribution in [1.29, 1.82) is 0 Å². The third-order valence-electron chi connectivity index (χ3n) is 4.05. The summed E-state index contributed by atoms with van der Waals surface area (Å²) in [5.41, 5.74) is 1.06. The molecule has 2 N–H and O–H groups in total. The molecule has 2 rings (SSSR count). The third-order valence-corrected chi connectivity index (χ3v) is 4.05. The van der Waals surface area contributed by atoms with E-state index >= 15 is 0 Å². The quantitative estimate of drug-likeness (QED) is 0.862. The highest BCUT2D eigenvalue weighted by molar-refractivity contribution is 5.15. The molecule has 0 aromatic heterocycles. The van der Waals surface area contributed by atoms with Crippen molar-refractivity contribution in [2.75, 3.05) is 6.54 Å². The summed E-state index contributed by atoms with van der Waals surface area (Å²) in [5.74, 6) is -0.201. The van der Waals surface area contributed by atoms with Crippen LogP contribution in [0.3, 0.4) is 0 Å². The summed E-state index contributed by atoms with van der Waals surface area (Å²) < 4.78 is 12.8. The van der Waals surface area contributed by atoms with Gasteiger partial charge in [-0.3, -0.25) is 0 Å². The fourth-order valence-corrected chi connectivity index (χ4v) is 2.68. The Labute approximate surface area is 108 Å². The Balaban J connectivity index is 1.82. The molecule has 3 heteroatoms. The summed E-state index contributed by atoms with van der Waals surface area (Å²) in [5, 5.41) is 13.5. The molecule has 1 aliphatic rings. The zero-order chi connectivity index (χ0) is 13.0. The van der Waals surface area contributed by atoms with E-state index in [9.17, 15) is 9.50 Å². The molecule has 1 fully saturated rings. The zero-order valence-electron chi connectivity index (χ0n) is 11.0. The fourth-order valence-electron chi connectivity index (χ4n) is 2.68. The Morgan fingerprint density at radius 2 is 2.06 bits per heavy atom. The van der Waals surface area contributed by atoms with Crippen molar-refractivity contribution in [1.82, 2.24) is 5.32 Å². The number of nitrogens with one attached hydrogen (secondary N) is 1. The maximum absolute atomic E-state index is 12.8. The SMILES string of the molecule is CC1(CNCc2ccc(F)cc2)CCCCC1O. The van der Waals surface area contributed by atoms with Gasteiger partial charge in [0.15, 0.2) is 0 Å². The first-order chi connectivity index (χ1) is 8.60. The second-order valence-corrected chi connectivity index (χ2v) is 5.65. The summed E-state index contributed by atoms with van der Waals surface area (Å²) in [6, 6.07) is 6.55. The molecular weight excluding hydrogens is 229 g/mol. The Kier molecular flexibility index (Phi) is 4.36. The topological polar surface area (TPSA) is 32.3 Å². The molecule has 1 aromatic carbocycles. The second kappa shape index (κ2) is 5.81. The molecule has 2 atom stereocenters. The van der Waals surface area contributed by atoms with E-state index in [4.69, 9.17) is 0 Å². The molecular formula is C15H22FNO. The maximum atomic E-state index is 12.8. The fraction of sp³-hybridized carbons (Fsp3) is 0.600. The van der Waals surface area contributed by atoms with E-state index in [0.29, 0.717) is 0 Å². The Morgan fingerprint density at radius 1 is 1.33 bits per heavy atom. The van der Waals surface area contributed by atoms with Crippen LogP contribution in [0.5, 0.6) is 0 Å². The molecule has 2 unspecified atom stereocenters. The maximum Gasteiger partial charge on any atom is 0.123 e. The van der Waals surface area contributed by atoms with Gasteiger partial charge in [-0.25, -0.2) is 4.39 Å². The molecule has 18 heavy (non-hydrogen) atoms. The number of hydrogen-bond acceptors (Lipinski definition) is 2. The molecule has 0 aliphatic heterocycles. The van der Waals surface area contributed by atoms with Crippen molar-refractivity contribution in [2.24, 2.45) is 5.41 Å². The van der Waals surface area contributed by atoms with Crippen molar-refractivity contribution in [3.05, 3.63) is 35.6 Å². The molecule has 0 heterocycles. The number of rotatable bonds is 4. The minimum absolute atomic E-state index is 0.0156. The lowest BCUT2D eigenvalue weighted by Crippen LogP contribution is -2.43. The van der Waals surface area contributed by atoms with Gasteiger partial charge in [0.05, 0.1) is 6.10 Å². The average molecular weight is 251 g/mol.